The SMILES string of the molecule is c1ccc(-c2nc3ccccc3c3c(-c4ccc(-c5ccc6c(c5)-c5ccccc5C6(c5ccccc5)c5ccccc5)cc4)c4c(cc23)oc2ccccc24)cc1. The Balaban J connectivity index is 1.08. The second-order valence-electron chi connectivity index (χ2n) is 15.4. The Morgan fingerprint density at radius 1 is 0.362 bits per heavy atom. The van der Waals surface area contributed by atoms with Gasteiger partial charge in [-0.15, -0.1) is 0 Å². The quantitative estimate of drug-likeness (QED) is 0.164. The third kappa shape index (κ3) is 4.69. The van der Waals surface area contributed by atoms with E-state index in [1.165, 1.54) is 49.9 Å². The van der Waals surface area contributed by atoms with E-state index in [1.807, 2.05) is 6.07 Å². The van der Waals surface area contributed by atoms with Gasteiger partial charge in [0, 0.05) is 38.1 Å². The predicted molar refractivity (Wildman–Crippen MR) is 240 cm³/mol. The molecule has 0 spiro atoms. The van der Waals surface area contributed by atoms with E-state index in [9.17, 15) is 0 Å². The number of aromatic nitrogens is 1. The fourth-order valence-corrected chi connectivity index (χ4v) is 9.88. The molecule has 9 aromatic carbocycles. The first-order valence-electron chi connectivity index (χ1n) is 20.0. The van der Waals surface area contributed by atoms with Crippen molar-refractivity contribution in [3.8, 4) is 44.6 Å². The Morgan fingerprint density at radius 2 is 0.948 bits per heavy atom. The number of hydrogen-bond acceptors (Lipinski definition) is 2. The number of para-hydroxylation sites is 2. The molecule has 270 valence electrons. The summed E-state index contributed by atoms with van der Waals surface area (Å²) in [6.45, 7) is 0. The van der Waals surface area contributed by atoms with E-state index in [1.54, 1.807) is 0 Å². The van der Waals surface area contributed by atoms with Crippen LogP contribution < -0.4 is 0 Å². The van der Waals surface area contributed by atoms with Crippen molar-refractivity contribution in [3.63, 3.8) is 0 Å². The Hall–Kier alpha value is -7.55. The number of benzene rings is 9. The van der Waals surface area contributed by atoms with Crippen LogP contribution in [0.1, 0.15) is 22.3 Å². The zero-order valence-corrected chi connectivity index (χ0v) is 31.6. The molecule has 2 nitrogen and oxygen atoms in total. The highest BCUT2D eigenvalue weighted by molar-refractivity contribution is 6.27. The lowest BCUT2D eigenvalue weighted by Gasteiger charge is -2.33. The average Bonchev–Trinajstić information content (AvgIpc) is 3.82. The van der Waals surface area contributed by atoms with Crippen molar-refractivity contribution >= 4 is 43.6 Å². The van der Waals surface area contributed by atoms with Crippen LogP contribution in [0.4, 0.5) is 0 Å². The molecule has 1 aliphatic carbocycles. The molecule has 1 aliphatic rings. The minimum absolute atomic E-state index is 0.416. The van der Waals surface area contributed by atoms with Crippen LogP contribution in [-0.4, -0.2) is 4.98 Å². The lowest BCUT2D eigenvalue weighted by molar-refractivity contribution is 0.669. The van der Waals surface area contributed by atoms with Gasteiger partial charge >= 0.3 is 0 Å². The van der Waals surface area contributed by atoms with Crippen LogP contribution >= 0.6 is 0 Å². The molecule has 0 radical (unpaired) electrons. The van der Waals surface area contributed by atoms with E-state index in [-0.39, 0.29) is 0 Å². The van der Waals surface area contributed by atoms with Crippen LogP contribution in [0.3, 0.4) is 0 Å². The van der Waals surface area contributed by atoms with E-state index in [4.69, 9.17) is 9.40 Å². The summed E-state index contributed by atoms with van der Waals surface area (Å²) in [7, 11) is 0. The summed E-state index contributed by atoms with van der Waals surface area (Å²) < 4.78 is 6.64. The summed E-state index contributed by atoms with van der Waals surface area (Å²) in [6.07, 6.45) is 0. The highest BCUT2D eigenvalue weighted by atomic mass is 16.3. The van der Waals surface area contributed by atoms with Gasteiger partial charge in [-0.2, -0.15) is 0 Å². The Morgan fingerprint density at radius 3 is 1.71 bits per heavy atom. The van der Waals surface area contributed by atoms with Crippen molar-refractivity contribution in [2.45, 2.75) is 5.41 Å². The monoisotopic (exact) mass is 737 g/mol. The molecule has 0 bridgehead atoms. The molecule has 0 saturated heterocycles. The molecular weight excluding hydrogens is 703 g/mol. The second-order valence-corrected chi connectivity index (χ2v) is 15.4. The van der Waals surface area contributed by atoms with Crippen molar-refractivity contribution in [1.82, 2.24) is 4.98 Å². The molecule has 11 aromatic rings. The first-order chi connectivity index (χ1) is 28.8. The summed E-state index contributed by atoms with van der Waals surface area (Å²) in [5.41, 5.74) is 16.7. The van der Waals surface area contributed by atoms with Crippen LogP contribution in [0.15, 0.2) is 217 Å². The number of rotatable bonds is 5. The molecule has 0 saturated carbocycles. The van der Waals surface area contributed by atoms with Crippen molar-refractivity contribution in [2.75, 3.05) is 0 Å². The van der Waals surface area contributed by atoms with E-state index in [0.29, 0.717) is 0 Å². The topological polar surface area (TPSA) is 26.0 Å². The van der Waals surface area contributed by atoms with Crippen molar-refractivity contribution in [3.05, 3.63) is 235 Å². The maximum atomic E-state index is 6.64. The summed E-state index contributed by atoms with van der Waals surface area (Å²) in [6, 6.07) is 76.8. The third-order valence-corrected chi connectivity index (χ3v) is 12.3. The second kappa shape index (κ2) is 12.7. The average molecular weight is 738 g/mol. The van der Waals surface area contributed by atoms with E-state index in [2.05, 4.69) is 206 Å². The van der Waals surface area contributed by atoms with Crippen LogP contribution in [-0.2, 0) is 5.41 Å². The van der Waals surface area contributed by atoms with E-state index < -0.39 is 5.41 Å². The minimum Gasteiger partial charge on any atom is -0.456 e. The van der Waals surface area contributed by atoms with Gasteiger partial charge in [-0.25, -0.2) is 4.98 Å². The number of hydrogen-bond donors (Lipinski definition) is 0. The van der Waals surface area contributed by atoms with Crippen molar-refractivity contribution < 1.29 is 4.42 Å². The smallest absolute Gasteiger partial charge is 0.136 e. The molecule has 0 atom stereocenters. The predicted octanol–water partition coefficient (Wildman–Crippen LogP) is 14.7. The molecule has 0 fully saturated rings. The van der Waals surface area contributed by atoms with Gasteiger partial charge in [-0.1, -0.05) is 188 Å². The maximum absolute atomic E-state index is 6.64. The van der Waals surface area contributed by atoms with Crippen LogP contribution in [0.25, 0.3) is 88.3 Å². The number of pyridine rings is 1. The Bertz CT molecular complexity index is 3320. The normalized spacial score (nSPS) is 13.0. The van der Waals surface area contributed by atoms with Gasteiger partial charge in [0.25, 0.3) is 0 Å². The van der Waals surface area contributed by atoms with E-state index >= 15 is 0 Å². The maximum Gasteiger partial charge on any atom is 0.136 e. The van der Waals surface area contributed by atoms with Crippen molar-refractivity contribution in [2.24, 2.45) is 0 Å². The van der Waals surface area contributed by atoms with Gasteiger partial charge < -0.3 is 4.42 Å². The molecule has 12 rings (SSSR count). The zero-order chi connectivity index (χ0) is 38.2. The Kier molecular flexibility index (Phi) is 7.18. The Labute approximate surface area is 336 Å². The molecular formula is C56H35NO. The van der Waals surface area contributed by atoms with Gasteiger partial charge in [0.2, 0.25) is 0 Å². The summed E-state index contributed by atoms with van der Waals surface area (Å²) in [5.74, 6) is 0. The van der Waals surface area contributed by atoms with Crippen LogP contribution in [0.5, 0.6) is 0 Å². The molecule has 2 heteroatoms. The molecule has 0 N–H and O–H groups in total. The van der Waals surface area contributed by atoms with E-state index in [0.717, 1.165) is 60.6 Å². The standard InChI is InChI=1S/C56H35NO/c1-4-16-38(17-5-1)55-46-35-51-54(44-24-12-15-27-50(44)58-51)52(53(46)43-23-11-14-26-49(43)57-55)37-30-28-36(29-31-37)39-32-33-48-45(34-39)42-22-10-13-25-47(42)56(48,40-18-6-2-7-19-40)41-20-8-3-9-21-41/h1-35H. The van der Waals surface area contributed by atoms with Gasteiger partial charge in [-0.05, 0) is 74.3 Å². The van der Waals surface area contributed by atoms with Gasteiger partial charge in [-0.3, -0.25) is 0 Å². The summed E-state index contributed by atoms with van der Waals surface area (Å²) in [5, 5.41) is 5.62. The molecule has 0 amide bonds. The van der Waals surface area contributed by atoms with Gasteiger partial charge in [0.1, 0.15) is 11.2 Å². The molecule has 2 heterocycles. The minimum atomic E-state index is -0.416. The number of nitrogens with zero attached hydrogens (tertiary/aromatic N) is 1. The molecule has 2 aromatic heterocycles. The third-order valence-electron chi connectivity index (χ3n) is 12.3. The molecule has 0 unspecified atom stereocenters. The lowest BCUT2D eigenvalue weighted by atomic mass is 9.67. The summed E-state index contributed by atoms with van der Waals surface area (Å²) in [4.78, 5) is 5.27. The number of fused-ring (bicyclic) bond motifs is 9. The van der Waals surface area contributed by atoms with Crippen LogP contribution in [0, 0.1) is 0 Å². The fraction of sp³-hybridized carbons (Fsp3) is 0.0179. The first kappa shape index (κ1) is 32.7. The number of furan rings is 1. The van der Waals surface area contributed by atoms with Gasteiger partial charge in [0.15, 0.2) is 0 Å². The fourth-order valence-electron chi connectivity index (χ4n) is 9.88. The molecule has 58 heavy (non-hydrogen) atoms. The largest absolute Gasteiger partial charge is 0.456 e. The highest BCUT2D eigenvalue weighted by Crippen LogP contribution is 2.56. The molecule has 0 aliphatic heterocycles. The van der Waals surface area contributed by atoms with Crippen molar-refractivity contribution in [1.29, 1.82) is 0 Å². The summed E-state index contributed by atoms with van der Waals surface area (Å²) >= 11 is 0. The van der Waals surface area contributed by atoms with Gasteiger partial charge in [0.05, 0.1) is 16.6 Å². The van der Waals surface area contributed by atoms with Crippen LogP contribution in [0.2, 0.25) is 0 Å². The highest BCUT2D eigenvalue weighted by Gasteiger charge is 2.45. The zero-order valence-electron chi connectivity index (χ0n) is 31.6. The lowest BCUT2D eigenvalue weighted by Crippen LogP contribution is -2.28. The first-order valence-corrected chi connectivity index (χ1v) is 20.0.